The zero-order valence-corrected chi connectivity index (χ0v) is 17.9. The number of hydrogen-bond acceptors (Lipinski definition) is 6. The first-order chi connectivity index (χ1) is 15.4. The van der Waals surface area contributed by atoms with Gasteiger partial charge in [0.15, 0.2) is 0 Å². The van der Waals surface area contributed by atoms with Gasteiger partial charge in [-0.3, -0.25) is 14.5 Å². The largest absolute Gasteiger partial charge is 0.507 e. The van der Waals surface area contributed by atoms with Gasteiger partial charge < -0.3 is 19.0 Å². The number of carbonyl (C=O) groups excluding carboxylic acids is 2. The van der Waals surface area contributed by atoms with Crippen LogP contribution in [0.4, 0.5) is 5.69 Å². The molecule has 1 unspecified atom stereocenters. The third-order valence-corrected chi connectivity index (χ3v) is 5.07. The highest BCUT2D eigenvalue weighted by Crippen LogP contribution is 2.43. The molecule has 7 heteroatoms. The minimum Gasteiger partial charge on any atom is -0.507 e. The average molecular weight is 433 g/mol. The van der Waals surface area contributed by atoms with Crippen LogP contribution >= 0.6 is 0 Å². The van der Waals surface area contributed by atoms with Gasteiger partial charge in [-0.15, -0.1) is 0 Å². The first-order valence-corrected chi connectivity index (χ1v) is 10.2. The maximum absolute atomic E-state index is 13.1. The van der Waals surface area contributed by atoms with Crippen LogP contribution in [0.2, 0.25) is 0 Å². The number of Topliss-reactive ketones (excluding diaryl/α,β-unsaturated/α-hetero) is 1. The van der Waals surface area contributed by atoms with Crippen molar-refractivity contribution < 1.29 is 28.6 Å². The minimum atomic E-state index is -0.938. The molecule has 1 fully saturated rings. The molecule has 0 spiro atoms. The van der Waals surface area contributed by atoms with E-state index >= 15 is 0 Å². The molecule has 4 rings (SSSR count). The number of ether oxygens (including phenoxy) is 2. The molecule has 1 aliphatic rings. The van der Waals surface area contributed by atoms with Gasteiger partial charge in [0.1, 0.15) is 29.1 Å². The van der Waals surface area contributed by atoms with Crippen molar-refractivity contribution in [3.8, 4) is 11.5 Å². The van der Waals surface area contributed by atoms with E-state index in [9.17, 15) is 14.7 Å². The predicted octanol–water partition coefficient (Wildman–Crippen LogP) is 4.70. The van der Waals surface area contributed by atoms with Gasteiger partial charge in [-0.05, 0) is 50.2 Å². The summed E-state index contributed by atoms with van der Waals surface area (Å²) in [5.74, 6) is -0.452. The van der Waals surface area contributed by atoms with Gasteiger partial charge in [0, 0.05) is 17.3 Å². The minimum absolute atomic E-state index is 0.0607. The number of rotatable bonds is 6. The third kappa shape index (κ3) is 3.85. The lowest BCUT2D eigenvalue weighted by Gasteiger charge is -2.23. The van der Waals surface area contributed by atoms with E-state index in [0.29, 0.717) is 28.5 Å². The Morgan fingerprint density at radius 2 is 1.78 bits per heavy atom. The van der Waals surface area contributed by atoms with Crippen LogP contribution in [0.5, 0.6) is 11.5 Å². The fraction of sp³-hybridized carbons (Fsp3) is 0.200. The van der Waals surface area contributed by atoms with Gasteiger partial charge in [-0.25, -0.2) is 0 Å². The number of ketones is 1. The first-order valence-electron chi connectivity index (χ1n) is 10.2. The fourth-order valence-corrected chi connectivity index (χ4v) is 3.72. The van der Waals surface area contributed by atoms with Crippen molar-refractivity contribution in [2.45, 2.75) is 26.0 Å². The number of aliphatic hydroxyl groups excluding tert-OH is 1. The lowest BCUT2D eigenvalue weighted by Crippen LogP contribution is -2.29. The Labute approximate surface area is 185 Å². The Balaban J connectivity index is 1.87. The number of methoxy groups -OCH3 is 1. The van der Waals surface area contributed by atoms with Gasteiger partial charge in [-0.1, -0.05) is 18.2 Å². The lowest BCUT2D eigenvalue weighted by atomic mass is 9.99. The van der Waals surface area contributed by atoms with E-state index in [-0.39, 0.29) is 17.4 Å². The molecule has 1 aliphatic heterocycles. The molecule has 1 saturated heterocycles. The molecule has 0 bridgehead atoms. The van der Waals surface area contributed by atoms with Crippen molar-refractivity contribution in [3.05, 3.63) is 83.8 Å². The van der Waals surface area contributed by atoms with Crippen molar-refractivity contribution in [2.24, 2.45) is 0 Å². The number of amides is 1. The van der Waals surface area contributed by atoms with Crippen molar-refractivity contribution in [1.82, 2.24) is 0 Å². The fourth-order valence-electron chi connectivity index (χ4n) is 3.72. The normalized spacial score (nSPS) is 17.8. The number of furan rings is 1. The quantitative estimate of drug-likeness (QED) is 0.344. The number of nitrogens with zero attached hydrogens (tertiary/aromatic N) is 1. The van der Waals surface area contributed by atoms with Crippen LogP contribution in [0, 0.1) is 0 Å². The summed E-state index contributed by atoms with van der Waals surface area (Å²) < 4.78 is 16.5. The molecule has 7 nitrogen and oxygen atoms in total. The van der Waals surface area contributed by atoms with Gasteiger partial charge in [0.25, 0.3) is 11.7 Å². The zero-order valence-electron chi connectivity index (χ0n) is 17.9. The summed E-state index contributed by atoms with van der Waals surface area (Å²) in [7, 11) is 1.52. The van der Waals surface area contributed by atoms with Crippen LogP contribution in [-0.2, 0) is 9.59 Å². The molecular formula is C25H23NO6. The van der Waals surface area contributed by atoms with Gasteiger partial charge in [0.2, 0.25) is 0 Å². The topological polar surface area (TPSA) is 89.2 Å². The molecule has 1 amide bonds. The average Bonchev–Trinajstić information content (AvgIpc) is 3.40. The summed E-state index contributed by atoms with van der Waals surface area (Å²) in [5, 5.41) is 11.2. The highest BCUT2D eigenvalue weighted by atomic mass is 16.5. The van der Waals surface area contributed by atoms with Crippen molar-refractivity contribution in [1.29, 1.82) is 0 Å². The van der Waals surface area contributed by atoms with Crippen molar-refractivity contribution >= 4 is 23.1 Å². The molecule has 1 aromatic heterocycles. The van der Waals surface area contributed by atoms with Crippen LogP contribution in [0.3, 0.4) is 0 Å². The maximum atomic E-state index is 13.1. The molecule has 2 heterocycles. The molecule has 2 aromatic carbocycles. The number of anilines is 1. The molecule has 3 aromatic rings. The molecule has 32 heavy (non-hydrogen) atoms. The van der Waals surface area contributed by atoms with Crippen LogP contribution in [-0.4, -0.2) is 30.0 Å². The Morgan fingerprint density at radius 3 is 2.47 bits per heavy atom. The molecular weight excluding hydrogens is 410 g/mol. The van der Waals surface area contributed by atoms with E-state index in [1.807, 2.05) is 13.8 Å². The van der Waals surface area contributed by atoms with Crippen LogP contribution in [0.15, 0.2) is 76.9 Å². The molecule has 0 saturated carbocycles. The Morgan fingerprint density at radius 1 is 1.03 bits per heavy atom. The third-order valence-electron chi connectivity index (χ3n) is 5.07. The van der Waals surface area contributed by atoms with Crippen LogP contribution < -0.4 is 14.4 Å². The second-order valence-electron chi connectivity index (χ2n) is 7.58. The predicted molar refractivity (Wildman–Crippen MR) is 119 cm³/mol. The monoisotopic (exact) mass is 433 g/mol. The van der Waals surface area contributed by atoms with Crippen molar-refractivity contribution in [3.63, 3.8) is 0 Å². The van der Waals surface area contributed by atoms with Gasteiger partial charge >= 0.3 is 0 Å². The van der Waals surface area contributed by atoms with Crippen LogP contribution in [0.25, 0.3) is 5.76 Å². The lowest BCUT2D eigenvalue weighted by molar-refractivity contribution is -0.132. The number of aliphatic hydroxyl groups is 1. The van der Waals surface area contributed by atoms with Gasteiger partial charge in [-0.2, -0.15) is 0 Å². The van der Waals surface area contributed by atoms with E-state index in [4.69, 9.17) is 13.9 Å². The second-order valence-corrected chi connectivity index (χ2v) is 7.58. The zero-order chi connectivity index (χ0) is 22.8. The summed E-state index contributed by atoms with van der Waals surface area (Å²) in [4.78, 5) is 27.5. The number of hydrogen-bond donors (Lipinski definition) is 1. The summed E-state index contributed by atoms with van der Waals surface area (Å²) >= 11 is 0. The summed E-state index contributed by atoms with van der Waals surface area (Å²) in [6.45, 7) is 3.78. The highest BCUT2D eigenvalue weighted by Gasteiger charge is 2.48. The Hall–Kier alpha value is -4.00. The molecule has 1 atom stereocenters. The van der Waals surface area contributed by atoms with E-state index in [2.05, 4.69) is 0 Å². The smallest absolute Gasteiger partial charge is 0.300 e. The molecule has 1 N–H and O–H groups in total. The molecule has 164 valence electrons. The summed E-state index contributed by atoms with van der Waals surface area (Å²) in [5.41, 5.74) is 0.751. The van der Waals surface area contributed by atoms with E-state index in [1.165, 1.54) is 18.3 Å². The highest BCUT2D eigenvalue weighted by molar-refractivity contribution is 6.51. The first kappa shape index (κ1) is 21.2. The van der Waals surface area contributed by atoms with E-state index < -0.39 is 17.7 Å². The molecule has 0 radical (unpaired) electrons. The summed E-state index contributed by atoms with van der Waals surface area (Å²) in [6.07, 6.45) is 1.40. The number of carbonyl (C=O) groups is 2. The van der Waals surface area contributed by atoms with Gasteiger partial charge in [0.05, 0.1) is 25.1 Å². The Kier molecular flexibility index (Phi) is 5.73. The number of benzene rings is 2. The van der Waals surface area contributed by atoms with Crippen molar-refractivity contribution in [2.75, 3.05) is 12.0 Å². The van der Waals surface area contributed by atoms with Crippen LogP contribution in [0.1, 0.15) is 31.2 Å². The van der Waals surface area contributed by atoms with E-state index in [1.54, 1.807) is 60.7 Å². The molecule has 0 aliphatic carbocycles. The maximum Gasteiger partial charge on any atom is 0.300 e. The van der Waals surface area contributed by atoms with E-state index in [0.717, 1.165) is 0 Å². The standard InChI is InChI=1S/C25H23NO6/c1-15(2)32-19-10-4-7-16(13-19)23(27)21-22(20-11-6-12-31-20)26(25(29)24(21)28)17-8-5-9-18(14-17)30-3/h4-15,22,27H,1-3H3/b23-21-. The summed E-state index contributed by atoms with van der Waals surface area (Å²) in [6, 6.07) is 16.0. The second kappa shape index (κ2) is 8.63. The Bertz CT molecular complexity index is 1180. The SMILES string of the molecule is COc1cccc(N2C(=O)C(=O)/C(=C(\O)c3cccc(OC(C)C)c3)C2c2ccco2)c1.